The number of aliphatic imine (C=N–C) groups is 1. The van der Waals surface area contributed by atoms with Gasteiger partial charge in [0, 0.05) is 18.7 Å². The summed E-state index contributed by atoms with van der Waals surface area (Å²) in [4.78, 5) is 62.8. The molecule has 0 rings (SSSR count). The molecule has 0 aliphatic heterocycles. The van der Waals surface area contributed by atoms with E-state index in [1.54, 1.807) is 0 Å². The number of aliphatic hydroxyl groups excluding tert-OH is 1. The first kappa shape index (κ1) is 29.9. The molecule has 16 heteroatoms. The first-order chi connectivity index (χ1) is 15.4. The lowest BCUT2D eigenvalue weighted by Gasteiger charge is -2.23. The number of carboxylic acid groups (broad SMARTS) is 1. The number of rotatable bonds is 16. The molecule has 188 valence electrons. The number of nitrogens with one attached hydrogen (secondary N) is 3. The van der Waals surface area contributed by atoms with E-state index in [1.165, 1.54) is 0 Å². The van der Waals surface area contributed by atoms with Gasteiger partial charge in [0.25, 0.3) is 0 Å². The second-order valence-corrected chi connectivity index (χ2v) is 7.31. The summed E-state index contributed by atoms with van der Waals surface area (Å²) in [6, 6.07) is -5.15. The molecule has 0 radical (unpaired) electrons. The average molecular weight is 493 g/mol. The van der Waals surface area contributed by atoms with Crippen molar-refractivity contribution in [3.05, 3.63) is 0 Å². The Balaban J connectivity index is 4.90. The number of guanidine groups is 1. The number of aliphatic hydroxyl groups is 1. The average Bonchev–Trinajstić information content (AvgIpc) is 2.74. The van der Waals surface area contributed by atoms with Gasteiger partial charge in [0.2, 0.25) is 23.6 Å². The van der Waals surface area contributed by atoms with Gasteiger partial charge in [-0.2, -0.15) is 12.6 Å². The number of carbonyl (C=O) groups excluding carboxylic acids is 4. The Morgan fingerprint density at radius 2 is 1.42 bits per heavy atom. The summed E-state index contributed by atoms with van der Waals surface area (Å²) in [7, 11) is 0. The van der Waals surface area contributed by atoms with Gasteiger partial charge >= 0.3 is 5.97 Å². The summed E-state index contributed by atoms with van der Waals surface area (Å²) < 4.78 is 0. The Hall–Kier alpha value is -3.11. The van der Waals surface area contributed by atoms with E-state index in [9.17, 15) is 29.1 Å². The zero-order valence-corrected chi connectivity index (χ0v) is 18.8. The molecular weight excluding hydrogens is 460 g/mol. The van der Waals surface area contributed by atoms with Gasteiger partial charge in [-0.15, -0.1) is 0 Å². The molecule has 0 saturated carbocycles. The highest BCUT2D eigenvalue weighted by atomic mass is 32.1. The third-order valence-corrected chi connectivity index (χ3v) is 4.59. The molecule has 0 aromatic carbocycles. The molecule has 15 nitrogen and oxygen atoms in total. The molecule has 4 atom stereocenters. The number of amides is 4. The van der Waals surface area contributed by atoms with Crippen LogP contribution in [-0.4, -0.2) is 88.8 Å². The molecule has 0 spiro atoms. The molecule has 33 heavy (non-hydrogen) atoms. The van der Waals surface area contributed by atoms with Gasteiger partial charge < -0.3 is 49.1 Å². The maximum atomic E-state index is 12.4. The quantitative estimate of drug-likeness (QED) is 0.0424. The van der Waals surface area contributed by atoms with Crippen LogP contribution in [0.4, 0.5) is 0 Å². The second-order valence-electron chi connectivity index (χ2n) is 6.95. The Kier molecular flexibility index (Phi) is 14.2. The van der Waals surface area contributed by atoms with Crippen LogP contribution in [0.1, 0.15) is 25.7 Å². The van der Waals surface area contributed by atoms with Gasteiger partial charge in [-0.05, 0) is 19.3 Å². The molecule has 13 N–H and O–H groups in total. The van der Waals surface area contributed by atoms with Crippen molar-refractivity contribution in [1.29, 1.82) is 0 Å². The standard InChI is InChI=1S/C17H32N8O7S/c18-8(2-1-5-22-17(20)21)13(28)24-10(6-26)14(29)25-11(7-33)15(30)23-9(16(31)32)3-4-12(19)27/h8-11,26,33H,1-7,18H2,(H2,19,27)(H,23,30)(H,24,28)(H,25,29)(H,31,32)(H4,20,21,22). The molecule has 0 aromatic heterocycles. The van der Waals surface area contributed by atoms with Crippen LogP contribution in [0.25, 0.3) is 0 Å². The molecule has 0 aliphatic carbocycles. The number of hydrogen-bond acceptors (Lipinski definition) is 9. The zero-order valence-electron chi connectivity index (χ0n) is 17.9. The lowest BCUT2D eigenvalue weighted by molar-refractivity contribution is -0.142. The van der Waals surface area contributed by atoms with Crippen molar-refractivity contribution >= 4 is 48.2 Å². The summed E-state index contributed by atoms with van der Waals surface area (Å²) in [5.41, 5.74) is 21.1. The van der Waals surface area contributed by atoms with Gasteiger partial charge in [-0.1, -0.05) is 0 Å². The van der Waals surface area contributed by atoms with Crippen LogP contribution in [0.15, 0.2) is 4.99 Å². The fourth-order valence-electron chi connectivity index (χ4n) is 2.41. The normalized spacial score (nSPS) is 14.2. The van der Waals surface area contributed by atoms with Crippen molar-refractivity contribution in [2.75, 3.05) is 18.9 Å². The number of primary amides is 1. The van der Waals surface area contributed by atoms with Crippen molar-refractivity contribution in [1.82, 2.24) is 16.0 Å². The van der Waals surface area contributed by atoms with Gasteiger partial charge in [-0.3, -0.25) is 24.2 Å². The molecule has 0 aliphatic rings. The van der Waals surface area contributed by atoms with Crippen LogP contribution in [0.5, 0.6) is 0 Å². The maximum Gasteiger partial charge on any atom is 0.326 e. The molecular formula is C17H32N8O7S. The number of thiol groups is 1. The highest BCUT2D eigenvalue weighted by Crippen LogP contribution is 2.01. The summed E-state index contributed by atoms with van der Waals surface area (Å²) >= 11 is 3.96. The van der Waals surface area contributed by atoms with Crippen molar-refractivity contribution < 1.29 is 34.2 Å². The number of hydrogen-bond donors (Lipinski definition) is 10. The Labute approximate surface area is 195 Å². The van der Waals surface area contributed by atoms with Crippen LogP contribution in [0, 0.1) is 0 Å². The number of nitrogens with zero attached hydrogens (tertiary/aromatic N) is 1. The van der Waals surface area contributed by atoms with E-state index in [-0.39, 0.29) is 37.5 Å². The van der Waals surface area contributed by atoms with E-state index in [0.29, 0.717) is 6.42 Å². The van der Waals surface area contributed by atoms with Crippen molar-refractivity contribution in [2.24, 2.45) is 27.9 Å². The van der Waals surface area contributed by atoms with E-state index in [4.69, 9.17) is 28.0 Å². The molecule has 0 aromatic rings. The number of nitrogens with two attached hydrogens (primary N) is 4. The van der Waals surface area contributed by atoms with E-state index in [2.05, 4.69) is 33.6 Å². The van der Waals surface area contributed by atoms with Crippen molar-refractivity contribution in [2.45, 2.75) is 49.9 Å². The second kappa shape index (κ2) is 15.7. The molecule has 0 bridgehead atoms. The summed E-state index contributed by atoms with van der Waals surface area (Å²) in [6.45, 7) is -0.543. The lowest BCUT2D eigenvalue weighted by Crippen LogP contribution is -2.58. The molecule has 0 fully saturated rings. The Morgan fingerprint density at radius 3 is 1.91 bits per heavy atom. The van der Waals surface area contributed by atoms with Crippen LogP contribution >= 0.6 is 12.6 Å². The fourth-order valence-corrected chi connectivity index (χ4v) is 2.66. The van der Waals surface area contributed by atoms with Gasteiger partial charge in [-0.25, -0.2) is 4.79 Å². The summed E-state index contributed by atoms with van der Waals surface area (Å²) in [5, 5.41) is 25.3. The third kappa shape index (κ3) is 12.5. The van der Waals surface area contributed by atoms with Crippen molar-refractivity contribution in [3.8, 4) is 0 Å². The Morgan fingerprint density at radius 1 is 0.879 bits per heavy atom. The predicted octanol–water partition coefficient (Wildman–Crippen LogP) is -4.91. The van der Waals surface area contributed by atoms with Crippen LogP contribution in [-0.2, 0) is 24.0 Å². The highest BCUT2D eigenvalue weighted by Gasteiger charge is 2.29. The number of carboxylic acids is 1. The SMILES string of the molecule is NC(=O)CCC(NC(=O)C(CS)NC(=O)C(CO)NC(=O)C(N)CCCN=C(N)N)C(=O)O. The summed E-state index contributed by atoms with van der Waals surface area (Å²) in [5.74, 6) is -5.01. The maximum absolute atomic E-state index is 12.4. The first-order valence-corrected chi connectivity index (χ1v) is 10.5. The van der Waals surface area contributed by atoms with Crippen LogP contribution < -0.4 is 38.9 Å². The number of carbonyl (C=O) groups is 5. The zero-order chi connectivity index (χ0) is 25.6. The fraction of sp³-hybridized carbons (Fsp3) is 0.647. The monoisotopic (exact) mass is 492 g/mol. The lowest BCUT2D eigenvalue weighted by atomic mass is 10.1. The largest absolute Gasteiger partial charge is 0.480 e. The minimum Gasteiger partial charge on any atom is -0.480 e. The topological polar surface area (TPSA) is 278 Å². The minimum absolute atomic E-state index is 0.102. The molecule has 0 heterocycles. The molecule has 4 amide bonds. The minimum atomic E-state index is -1.43. The molecule has 0 saturated heterocycles. The third-order valence-electron chi connectivity index (χ3n) is 4.23. The van der Waals surface area contributed by atoms with Crippen LogP contribution in [0.2, 0.25) is 0 Å². The van der Waals surface area contributed by atoms with E-state index >= 15 is 0 Å². The van der Waals surface area contributed by atoms with Gasteiger partial charge in [0.05, 0.1) is 12.6 Å². The van der Waals surface area contributed by atoms with Crippen LogP contribution in [0.3, 0.4) is 0 Å². The van der Waals surface area contributed by atoms with E-state index < -0.39 is 60.4 Å². The van der Waals surface area contributed by atoms with E-state index in [1.807, 2.05) is 0 Å². The summed E-state index contributed by atoms with van der Waals surface area (Å²) in [6.07, 6.45) is 0.0663. The Bertz CT molecular complexity index is 732. The van der Waals surface area contributed by atoms with E-state index in [0.717, 1.165) is 0 Å². The first-order valence-electron chi connectivity index (χ1n) is 9.87. The molecule has 4 unspecified atom stereocenters. The smallest absolute Gasteiger partial charge is 0.326 e. The highest BCUT2D eigenvalue weighted by molar-refractivity contribution is 7.80. The van der Waals surface area contributed by atoms with Crippen molar-refractivity contribution in [3.63, 3.8) is 0 Å². The van der Waals surface area contributed by atoms with Gasteiger partial charge in [0.15, 0.2) is 5.96 Å². The van der Waals surface area contributed by atoms with Gasteiger partial charge in [0.1, 0.15) is 18.1 Å². The number of aliphatic carboxylic acids is 1. The predicted molar refractivity (Wildman–Crippen MR) is 121 cm³/mol.